The van der Waals surface area contributed by atoms with E-state index in [9.17, 15) is 14.7 Å². The molecule has 2 atom stereocenters. The van der Waals surface area contributed by atoms with Gasteiger partial charge in [-0.3, -0.25) is 23.9 Å². The molecule has 0 amide bonds. The van der Waals surface area contributed by atoms with Gasteiger partial charge < -0.3 is 9.84 Å². The van der Waals surface area contributed by atoms with Crippen LogP contribution in [0.1, 0.15) is 69.6 Å². The minimum absolute atomic E-state index is 0.0365. The van der Waals surface area contributed by atoms with Gasteiger partial charge in [-0.1, -0.05) is 11.6 Å². The summed E-state index contributed by atoms with van der Waals surface area (Å²) in [6, 6.07) is 10.4. The Bertz CT molecular complexity index is 2050. The van der Waals surface area contributed by atoms with Crippen molar-refractivity contribution in [3.63, 3.8) is 0 Å². The van der Waals surface area contributed by atoms with Gasteiger partial charge in [0.25, 0.3) is 5.56 Å². The van der Waals surface area contributed by atoms with Gasteiger partial charge in [0.1, 0.15) is 18.2 Å². The fraction of sp³-hybridized carbons (Fsp3) is 0.417. The minimum atomic E-state index is -0.989. The fourth-order valence-corrected chi connectivity index (χ4v) is 8.34. The monoisotopic (exact) mass is 652 g/mol. The highest BCUT2D eigenvalue weighted by Crippen LogP contribution is 2.39. The third-order valence-electron chi connectivity index (χ3n) is 9.69. The molecule has 1 saturated heterocycles. The summed E-state index contributed by atoms with van der Waals surface area (Å²) in [5.41, 5.74) is 7.23. The average molecular weight is 653 g/mol. The Hall–Kier alpha value is -4.35. The molecule has 1 aliphatic heterocycles. The zero-order valence-electron chi connectivity index (χ0n) is 27.3. The summed E-state index contributed by atoms with van der Waals surface area (Å²) in [6.07, 6.45) is 6.85. The molecule has 1 fully saturated rings. The Kier molecular flexibility index (Phi) is 8.44. The van der Waals surface area contributed by atoms with Crippen molar-refractivity contribution in [3.8, 4) is 16.9 Å². The minimum Gasteiger partial charge on any atom is -0.491 e. The van der Waals surface area contributed by atoms with Crippen molar-refractivity contribution < 1.29 is 14.6 Å². The second-order valence-corrected chi connectivity index (χ2v) is 13.9. The van der Waals surface area contributed by atoms with Crippen LogP contribution < -0.4 is 10.3 Å². The van der Waals surface area contributed by atoms with Crippen molar-refractivity contribution in [2.24, 2.45) is 7.05 Å². The Morgan fingerprint density at radius 2 is 1.96 bits per heavy atom. The van der Waals surface area contributed by atoms with E-state index in [1.54, 1.807) is 9.95 Å². The van der Waals surface area contributed by atoms with Gasteiger partial charge in [0.05, 0.1) is 33.7 Å². The third-order valence-corrected chi connectivity index (χ3v) is 10.7. The summed E-state index contributed by atoms with van der Waals surface area (Å²) in [7, 11) is 1.97. The smallest absolute Gasteiger partial charge is 0.338 e. The Morgan fingerprint density at radius 1 is 1.11 bits per heavy atom. The number of rotatable bonds is 8. The zero-order valence-corrected chi connectivity index (χ0v) is 28.1. The van der Waals surface area contributed by atoms with Crippen molar-refractivity contribution >= 4 is 27.5 Å². The molecule has 1 aromatic carbocycles. The van der Waals surface area contributed by atoms with Gasteiger partial charge in [-0.2, -0.15) is 5.10 Å². The Balaban J connectivity index is 1.10. The first kappa shape index (κ1) is 31.3. The first-order valence-electron chi connectivity index (χ1n) is 16.3. The molecular formula is C36H40N6O4S. The van der Waals surface area contributed by atoms with Crippen LogP contribution in [-0.4, -0.2) is 66.0 Å². The predicted octanol–water partition coefficient (Wildman–Crippen LogP) is 5.69. The SMILES string of the molecule is Cc1ccc(OCCn2c(C)nc3c(c2=O)C[C@H](N2CCC[C@@H](c4ccn(C)n4)C2)CC3)c(-c2cc(C)nc3c(C(=O)O)csc23)c1. The lowest BCUT2D eigenvalue weighted by Crippen LogP contribution is -2.46. The molecule has 11 heteroatoms. The molecule has 0 unspecified atom stereocenters. The van der Waals surface area contributed by atoms with Crippen LogP contribution in [0, 0.1) is 20.8 Å². The number of pyridine rings is 1. The van der Waals surface area contributed by atoms with Crippen LogP contribution in [0.25, 0.3) is 21.3 Å². The maximum absolute atomic E-state index is 14.0. The number of likely N-dealkylation sites (tertiary alicyclic amines) is 1. The maximum Gasteiger partial charge on any atom is 0.338 e. The van der Waals surface area contributed by atoms with Crippen molar-refractivity contribution in [1.82, 2.24) is 29.2 Å². The molecule has 2 aliphatic rings. The number of carboxylic acid groups (broad SMARTS) is 1. The predicted molar refractivity (Wildman–Crippen MR) is 183 cm³/mol. The van der Waals surface area contributed by atoms with Gasteiger partial charge in [-0.05, 0) is 83.7 Å². The molecular weight excluding hydrogens is 613 g/mol. The third kappa shape index (κ3) is 6.09. The molecule has 47 heavy (non-hydrogen) atoms. The lowest BCUT2D eigenvalue weighted by molar-refractivity contribution is 0.0699. The quantitative estimate of drug-likeness (QED) is 0.227. The van der Waals surface area contributed by atoms with E-state index in [0.717, 1.165) is 89.2 Å². The largest absolute Gasteiger partial charge is 0.491 e. The molecule has 0 spiro atoms. The van der Waals surface area contributed by atoms with E-state index in [2.05, 4.69) is 27.1 Å². The van der Waals surface area contributed by atoms with Crippen LogP contribution in [0.2, 0.25) is 0 Å². The number of ether oxygens (including phenoxy) is 1. The van der Waals surface area contributed by atoms with E-state index >= 15 is 0 Å². The molecule has 1 N–H and O–H groups in total. The molecule has 4 aromatic heterocycles. The van der Waals surface area contributed by atoms with Crippen molar-refractivity contribution in [2.45, 2.75) is 71.4 Å². The second-order valence-electron chi connectivity index (χ2n) is 13.0. The summed E-state index contributed by atoms with van der Waals surface area (Å²) in [6.45, 7) is 8.49. The number of aryl methyl sites for hydroxylation is 5. The molecule has 5 heterocycles. The van der Waals surface area contributed by atoms with Crippen LogP contribution in [0.5, 0.6) is 5.75 Å². The normalized spacial score (nSPS) is 18.4. The van der Waals surface area contributed by atoms with Crippen LogP contribution in [0.4, 0.5) is 0 Å². The molecule has 10 nitrogen and oxygen atoms in total. The zero-order chi connectivity index (χ0) is 32.8. The van der Waals surface area contributed by atoms with Gasteiger partial charge in [-0.15, -0.1) is 11.3 Å². The lowest BCUT2D eigenvalue weighted by Gasteiger charge is -2.39. The molecule has 244 valence electrons. The Labute approximate surface area is 277 Å². The number of piperidine rings is 1. The summed E-state index contributed by atoms with van der Waals surface area (Å²) < 4.78 is 10.8. The number of hydrogen-bond donors (Lipinski definition) is 1. The van der Waals surface area contributed by atoms with Gasteiger partial charge in [0.15, 0.2) is 0 Å². The summed E-state index contributed by atoms with van der Waals surface area (Å²) in [5, 5.41) is 16.0. The van der Waals surface area contributed by atoms with Crippen molar-refractivity contribution in [3.05, 3.63) is 91.9 Å². The molecule has 0 saturated carbocycles. The molecule has 0 bridgehead atoms. The number of benzene rings is 1. The molecule has 1 aliphatic carbocycles. The van der Waals surface area contributed by atoms with Gasteiger partial charge >= 0.3 is 5.97 Å². The summed E-state index contributed by atoms with van der Waals surface area (Å²) >= 11 is 1.37. The molecule has 7 rings (SSSR count). The lowest BCUT2D eigenvalue weighted by atomic mass is 9.87. The van der Waals surface area contributed by atoms with E-state index in [4.69, 9.17) is 9.72 Å². The summed E-state index contributed by atoms with van der Waals surface area (Å²) in [4.78, 5) is 37.8. The van der Waals surface area contributed by atoms with Gasteiger partial charge in [0.2, 0.25) is 0 Å². The highest BCUT2D eigenvalue weighted by Gasteiger charge is 2.32. The van der Waals surface area contributed by atoms with E-state index < -0.39 is 5.97 Å². The topological polar surface area (TPSA) is 115 Å². The standard InChI is InChI=1S/C36H40N6O4S/c1-21-7-10-32(26(16-21)27-17-22(2)37-33-29(36(44)45)20-47-34(27)33)46-15-14-42-23(3)38-31-9-8-25(18-28(31)35(42)43)41-12-5-6-24(19-41)30-11-13-40(4)39-30/h7,10-11,13,16-17,20,24-25H,5-6,8-9,12,14-15,18-19H2,1-4H3,(H,44,45)/t24-,25-/m1/s1. The number of hydrogen-bond acceptors (Lipinski definition) is 8. The number of aromatic nitrogens is 5. The summed E-state index contributed by atoms with van der Waals surface area (Å²) in [5.74, 6) is 0.821. The van der Waals surface area contributed by atoms with Crippen LogP contribution in [-0.2, 0) is 26.4 Å². The maximum atomic E-state index is 14.0. The highest BCUT2D eigenvalue weighted by molar-refractivity contribution is 7.18. The van der Waals surface area contributed by atoms with Gasteiger partial charge in [-0.25, -0.2) is 9.78 Å². The van der Waals surface area contributed by atoms with Gasteiger partial charge in [0, 0.05) is 59.5 Å². The Morgan fingerprint density at radius 3 is 2.74 bits per heavy atom. The average Bonchev–Trinajstić information content (AvgIpc) is 3.69. The number of carbonyl (C=O) groups is 1. The van der Waals surface area contributed by atoms with Crippen LogP contribution in [0.3, 0.4) is 0 Å². The van der Waals surface area contributed by atoms with E-state index in [-0.39, 0.29) is 17.7 Å². The molecule has 0 radical (unpaired) electrons. The van der Waals surface area contributed by atoms with E-state index in [0.29, 0.717) is 35.6 Å². The fourth-order valence-electron chi connectivity index (χ4n) is 7.33. The molecule has 5 aromatic rings. The number of carboxylic acids is 1. The van der Waals surface area contributed by atoms with E-state index in [1.165, 1.54) is 11.3 Å². The first-order valence-corrected chi connectivity index (χ1v) is 17.2. The van der Waals surface area contributed by atoms with Crippen molar-refractivity contribution in [1.29, 1.82) is 0 Å². The number of fused-ring (bicyclic) bond motifs is 2. The number of nitrogens with zero attached hydrogens (tertiary/aromatic N) is 6. The van der Waals surface area contributed by atoms with Crippen molar-refractivity contribution in [2.75, 3.05) is 19.7 Å². The number of thiophene rings is 1. The second kappa shape index (κ2) is 12.7. The number of aromatic carboxylic acids is 1. The van der Waals surface area contributed by atoms with E-state index in [1.807, 2.05) is 56.9 Å². The first-order chi connectivity index (χ1) is 22.7. The van der Waals surface area contributed by atoms with Crippen LogP contribution in [0.15, 0.2) is 46.7 Å². The highest BCUT2D eigenvalue weighted by atomic mass is 32.1. The van der Waals surface area contributed by atoms with Crippen LogP contribution >= 0.6 is 11.3 Å².